The Labute approximate surface area is 80.3 Å². The molecule has 0 aromatic rings. The molecule has 0 amide bonds. The molecule has 2 N–H and O–H groups in total. The Hall–Kier alpha value is -0.150. The van der Waals surface area contributed by atoms with Gasteiger partial charge in [-0.05, 0) is 32.2 Å². The van der Waals surface area contributed by atoms with Crippen LogP contribution in [0.5, 0.6) is 0 Å². The second-order valence-corrected chi connectivity index (χ2v) is 4.13. The topological polar surface area (TPSA) is 29.3 Å². The first-order valence-electron chi connectivity index (χ1n) is 5.22. The summed E-state index contributed by atoms with van der Waals surface area (Å²) in [6.07, 6.45) is 1.71. The van der Waals surface area contributed by atoms with Gasteiger partial charge in [-0.1, -0.05) is 6.92 Å². The van der Waals surface area contributed by atoms with Gasteiger partial charge in [0.25, 0.3) is 0 Å². The Kier molecular flexibility index (Phi) is 4.13. The molecule has 1 fully saturated rings. The van der Waals surface area contributed by atoms with Crippen LogP contribution in [0.4, 0.5) is 4.39 Å². The second-order valence-electron chi connectivity index (χ2n) is 4.13. The van der Waals surface area contributed by atoms with Crippen molar-refractivity contribution in [2.45, 2.75) is 38.8 Å². The normalized spacial score (nSPS) is 36.5. The van der Waals surface area contributed by atoms with Crippen molar-refractivity contribution in [2.75, 3.05) is 19.8 Å². The number of alkyl halides is 1. The van der Waals surface area contributed by atoms with E-state index in [1.165, 1.54) is 0 Å². The highest BCUT2D eigenvalue weighted by molar-refractivity contribution is 4.86. The van der Waals surface area contributed by atoms with Gasteiger partial charge in [-0.25, -0.2) is 0 Å². The lowest BCUT2D eigenvalue weighted by atomic mass is 9.87. The van der Waals surface area contributed by atoms with Crippen LogP contribution in [0.15, 0.2) is 0 Å². The van der Waals surface area contributed by atoms with E-state index in [4.69, 9.17) is 5.73 Å². The fourth-order valence-electron chi connectivity index (χ4n) is 2.05. The van der Waals surface area contributed by atoms with Gasteiger partial charge in [0.15, 0.2) is 0 Å². The fraction of sp³-hybridized carbons (Fsp3) is 1.00. The van der Waals surface area contributed by atoms with E-state index in [0.29, 0.717) is 24.4 Å². The molecular formula is C10H21FN2. The van der Waals surface area contributed by atoms with E-state index in [0.717, 1.165) is 19.5 Å². The average Bonchev–Trinajstić information content (AvgIpc) is 2.13. The third kappa shape index (κ3) is 2.64. The molecule has 3 unspecified atom stereocenters. The minimum Gasteiger partial charge on any atom is -0.327 e. The number of hydrogen-bond acceptors (Lipinski definition) is 2. The first kappa shape index (κ1) is 10.9. The summed E-state index contributed by atoms with van der Waals surface area (Å²) in [6, 6.07) is 0.840. The molecule has 3 atom stereocenters. The summed E-state index contributed by atoms with van der Waals surface area (Å²) < 4.78 is 12.0. The number of piperidine rings is 1. The number of nitrogens with two attached hydrogens (primary N) is 1. The quantitative estimate of drug-likeness (QED) is 0.725. The monoisotopic (exact) mass is 188 g/mol. The Morgan fingerprint density at radius 1 is 1.46 bits per heavy atom. The van der Waals surface area contributed by atoms with Crippen molar-refractivity contribution in [3.8, 4) is 0 Å². The van der Waals surface area contributed by atoms with E-state index in [1.807, 2.05) is 0 Å². The van der Waals surface area contributed by atoms with Gasteiger partial charge in [0, 0.05) is 18.6 Å². The molecule has 13 heavy (non-hydrogen) atoms. The molecule has 0 bridgehead atoms. The Morgan fingerprint density at radius 3 is 2.77 bits per heavy atom. The highest BCUT2D eigenvalue weighted by Gasteiger charge is 2.29. The zero-order valence-corrected chi connectivity index (χ0v) is 8.67. The molecule has 1 rings (SSSR count). The van der Waals surface area contributed by atoms with Gasteiger partial charge in [0.1, 0.15) is 0 Å². The molecule has 0 aromatic heterocycles. The lowest BCUT2D eigenvalue weighted by molar-refractivity contribution is 0.0947. The van der Waals surface area contributed by atoms with E-state index < -0.39 is 0 Å². The maximum Gasteiger partial charge on any atom is 0.0906 e. The average molecular weight is 188 g/mol. The number of likely N-dealkylation sites (tertiary alicyclic amines) is 1. The molecule has 3 heteroatoms. The van der Waals surface area contributed by atoms with Crippen molar-refractivity contribution in [1.82, 2.24) is 4.90 Å². The molecule has 1 heterocycles. The predicted molar refractivity (Wildman–Crippen MR) is 53.4 cm³/mol. The van der Waals surface area contributed by atoms with Gasteiger partial charge < -0.3 is 10.6 Å². The summed E-state index contributed by atoms with van der Waals surface area (Å²) in [5.41, 5.74) is 5.96. The van der Waals surface area contributed by atoms with E-state index in [1.54, 1.807) is 0 Å². The Morgan fingerprint density at radius 2 is 2.15 bits per heavy atom. The van der Waals surface area contributed by atoms with Gasteiger partial charge in [0.05, 0.1) is 6.67 Å². The summed E-state index contributed by atoms with van der Waals surface area (Å²) >= 11 is 0. The maximum atomic E-state index is 12.0. The van der Waals surface area contributed by atoms with Crippen molar-refractivity contribution >= 4 is 0 Å². The molecule has 0 spiro atoms. The van der Waals surface area contributed by atoms with Crippen LogP contribution in [0.2, 0.25) is 0 Å². The summed E-state index contributed by atoms with van der Waals surface area (Å²) in [4.78, 5) is 2.35. The first-order chi connectivity index (χ1) is 6.16. The first-order valence-corrected chi connectivity index (χ1v) is 5.22. The van der Waals surface area contributed by atoms with E-state index in [2.05, 4.69) is 18.7 Å². The van der Waals surface area contributed by atoms with Crippen LogP contribution in [-0.4, -0.2) is 36.7 Å². The summed E-state index contributed by atoms with van der Waals surface area (Å²) in [7, 11) is 0. The Balaban J connectivity index is 2.39. The van der Waals surface area contributed by atoms with Gasteiger partial charge >= 0.3 is 0 Å². The van der Waals surface area contributed by atoms with Crippen molar-refractivity contribution in [3.63, 3.8) is 0 Å². The molecule has 1 aliphatic heterocycles. The number of nitrogens with zero attached hydrogens (tertiary/aromatic N) is 1. The zero-order valence-electron chi connectivity index (χ0n) is 8.67. The number of halogens is 1. The smallest absolute Gasteiger partial charge is 0.0906 e. The summed E-state index contributed by atoms with van der Waals surface area (Å²) in [5, 5.41) is 0. The van der Waals surface area contributed by atoms with Gasteiger partial charge in [-0.3, -0.25) is 4.39 Å². The highest BCUT2D eigenvalue weighted by Crippen LogP contribution is 2.21. The maximum absolute atomic E-state index is 12.0. The molecule has 2 nitrogen and oxygen atoms in total. The van der Waals surface area contributed by atoms with Crippen LogP contribution < -0.4 is 5.73 Å². The minimum absolute atomic E-state index is 0.205. The van der Waals surface area contributed by atoms with Gasteiger partial charge in [0.2, 0.25) is 0 Å². The molecule has 0 radical (unpaired) electrons. The van der Waals surface area contributed by atoms with Crippen molar-refractivity contribution in [1.29, 1.82) is 0 Å². The Bertz CT molecular complexity index is 150. The molecule has 0 saturated carbocycles. The SMILES string of the molecule is CC1C(N)CCN(CCCF)C1C. The van der Waals surface area contributed by atoms with Crippen molar-refractivity contribution in [3.05, 3.63) is 0 Å². The third-order valence-electron chi connectivity index (χ3n) is 3.34. The van der Waals surface area contributed by atoms with Crippen LogP contribution in [0, 0.1) is 5.92 Å². The minimum atomic E-state index is -0.205. The summed E-state index contributed by atoms with van der Waals surface area (Å²) in [5.74, 6) is 0.536. The number of hydrogen-bond donors (Lipinski definition) is 1. The van der Waals surface area contributed by atoms with Crippen LogP contribution >= 0.6 is 0 Å². The van der Waals surface area contributed by atoms with Crippen LogP contribution in [0.25, 0.3) is 0 Å². The third-order valence-corrected chi connectivity index (χ3v) is 3.34. The van der Waals surface area contributed by atoms with Gasteiger partial charge in [-0.15, -0.1) is 0 Å². The van der Waals surface area contributed by atoms with E-state index in [9.17, 15) is 4.39 Å². The zero-order chi connectivity index (χ0) is 9.84. The second kappa shape index (κ2) is 4.91. The van der Waals surface area contributed by atoms with Crippen LogP contribution in [-0.2, 0) is 0 Å². The standard InChI is InChI=1S/C10H21FN2/c1-8-9(2)13(6-3-5-11)7-4-10(8)12/h8-10H,3-7,12H2,1-2H3. The highest BCUT2D eigenvalue weighted by atomic mass is 19.1. The molecule has 1 saturated heterocycles. The lowest BCUT2D eigenvalue weighted by Crippen LogP contribution is -2.51. The molecule has 1 aliphatic rings. The van der Waals surface area contributed by atoms with Crippen LogP contribution in [0.1, 0.15) is 26.7 Å². The molecular weight excluding hydrogens is 167 g/mol. The number of rotatable bonds is 3. The van der Waals surface area contributed by atoms with E-state index >= 15 is 0 Å². The fourth-order valence-corrected chi connectivity index (χ4v) is 2.05. The van der Waals surface area contributed by atoms with E-state index in [-0.39, 0.29) is 6.67 Å². The summed E-state index contributed by atoms with van der Waals surface area (Å²) in [6.45, 7) is 6.10. The molecule has 0 aromatic carbocycles. The van der Waals surface area contributed by atoms with Gasteiger partial charge in [-0.2, -0.15) is 0 Å². The lowest BCUT2D eigenvalue weighted by Gasteiger charge is -2.41. The predicted octanol–water partition coefficient (Wildman–Crippen LogP) is 1.40. The molecule has 0 aliphatic carbocycles. The van der Waals surface area contributed by atoms with Crippen molar-refractivity contribution < 1.29 is 4.39 Å². The van der Waals surface area contributed by atoms with Crippen LogP contribution in [0.3, 0.4) is 0 Å². The molecule has 78 valence electrons. The van der Waals surface area contributed by atoms with Crippen molar-refractivity contribution in [2.24, 2.45) is 11.7 Å². The largest absolute Gasteiger partial charge is 0.327 e.